The highest BCUT2D eigenvalue weighted by Crippen LogP contribution is 2.17. The van der Waals surface area contributed by atoms with Crippen LogP contribution in [-0.2, 0) is 0 Å². The lowest BCUT2D eigenvalue weighted by Gasteiger charge is -2.27. The van der Waals surface area contributed by atoms with Crippen molar-refractivity contribution in [3.8, 4) is 0 Å². The van der Waals surface area contributed by atoms with Gasteiger partial charge in [0.2, 0.25) is 0 Å². The second-order valence-corrected chi connectivity index (χ2v) is 5.12. The quantitative estimate of drug-likeness (QED) is 0.940. The molecule has 1 N–H and O–H groups in total. The van der Waals surface area contributed by atoms with Gasteiger partial charge in [-0.25, -0.2) is 9.97 Å². The highest BCUT2D eigenvalue weighted by Gasteiger charge is 2.13. The Labute approximate surface area is 124 Å². The van der Waals surface area contributed by atoms with Crippen LogP contribution in [0.3, 0.4) is 0 Å². The normalized spacial score (nSPS) is 14.8. The van der Waals surface area contributed by atoms with Crippen molar-refractivity contribution < 1.29 is 4.79 Å². The SMILES string of the molecule is O=C(Nc1ccccn1)c1ccc(N2CCCCC2)nc1. The average molecular weight is 282 g/mol. The lowest BCUT2D eigenvalue weighted by molar-refractivity contribution is 0.102. The smallest absolute Gasteiger partial charge is 0.258 e. The van der Waals surface area contributed by atoms with E-state index in [4.69, 9.17) is 0 Å². The number of hydrogen-bond acceptors (Lipinski definition) is 4. The number of aromatic nitrogens is 2. The predicted molar refractivity (Wildman–Crippen MR) is 82.5 cm³/mol. The summed E-state index contributed by atoms with van der Waals surface area (Å²) in [6.45, 7) is 2.10. The third-order valence-corrected chi connectivity index (χ3v) is 3.60. The first kappa shape index (κ1) is 13.5. The molecule has 5 heteroatoms. The van der Waals surface area contributed by atoms with E-state index in [1.165, 1.54) is 19.3 Å². The van der Waals surface area contributed by atoms with E-state index < -0.39 is 0 Å². The Balaban J connectivity index is 1.67. The van der Waals surface area contributed by atoms with Crippen LogP contribution >= 0.6 is 0 Å². The standard InChI is InChI=1S/C16H18N4O/c21-16(19-14-6-2-3-9-17-14)13-7-8-15(18-12-13)20-10-4-1-5-11-20/h2-3,6-9,12H,1,4-5,10-11H2,(H,17,19,21). The van der Waals surface area contributed by atoms with Gasteiger partial charge >= 0.3 is 0 Å². The van der Waals surface area contributed by atoms with E-state index in [0.717, 1.165) is 18.9 Å². The third kappa shape index (κ3) is 3.37. The summed E-state index contributed by atoms with van der Waals surface area (Å²) in [7, 11) is 0. The fourth-order valence-electron chi connectivity index (χ4n) is 2.46. The highest BCUT2D eigenvalue weighted by molar-refractivity contribution is 6.03. The number of anilines is 2. The summed E-state index contributed by atoms with van der Waals surface area (Å²) < 4.78 is 0. The molecule has 1 amide bonds. The molecule has 2 aromatic rings. The number of amides is 1. The summed E-state index contributed by atoms with van der Waals surface area (Å²) in [4.78, 5) is 22.8. The fourth-order valence-corrected chi connectivity index (χ4v) is 2.46. The predicted octanol–water partition coefficient (Wildman–Crippen LogP) is 2.72. The molecule has 0 spiro atoms. The van der Waals surface area contributed by atoms with Gasteiger partial charge in [0.15, 0.2) is 0 Å². The summed E-state index contributed by atoms with van der Waals surface area (Å²) in [5, 5.41) is 2.75. The van der Waals surface area contributed by atoms with Crippen molar-refractivity contribution in [2.24, 2.45) is 0 Å². The van der Waals surface area contributed by atoms with Crippen LogP contribution in [0.2, 0.25) is 0 Å². The number of carbonyl (C=O) groups excluding carboxylic acids is 1. The van der Waals surface area contributed by atoms with Gasteiger partial charge in [0, 0.05) is 25.5 Å². The van der Waals surface area contributed by atoms with Crippen LogP contribution in [0.1, 0.15) is 29.6 Å². The van der Waals surface area contributed by atoms with Crippen LogP contribution in [0.25, 0.3) is 0 Å². The molecule has 0 unspecified atom stereocenters. The minimum Gasteiger partial charge on any atom is -0.357 e. The molecule has 1 saturated heterocycles. The van der Waals surface area contributed by atoms with Crippen molar-refractivity contribution in [3.63, 3.8) is 0 Å². The number of hydrogen-bond donors (Lipinski definition) is 1. The molecule has 3 rings (SSSR count). The lowest BCUT2D eigenvalue weighted by atomic mass is 10.1. The van der Waals surface area contributed by atoms with Crippen molar-refractivity contribution in [1.82, 2.24) is 9.97 Å². The van der Waals surface area contributed by atoms with Crippen LogP contribution in [0.4, 0.5) is 11.6 Å². The van der Waals surface area contributed by atoms with Crippen molar-refractivity contribution >= 4 is 17.5 Å². The summed E-state index contributed by atoms with van der Waals surface area (Å²) in [6, 6.07) is 9.13. The van der Waals surface area contributed by atoms with Crippen LogP contribution in [0, 0.1) is 0 Å². The Bertz CT molecular complexity index is 591. The molecule has 108 valence electrons. The fraction of sp³-hybridized carbons (Fsp3) is 0.312. The molecule has 0 saturated carbocycles. The number of rotatable bonds is 3. The molecular weight excluding hydrogens is 264 g/mol. The molecule has 0 bridgehead atoms. The molecule has 5 nitrogen and oxygen atoms in total. The maximum absolute atomic E-state index is 12.1. The summed E-state index contributed by atoms with van der Waals surface area (Å²) in [5.41, 5.74) is 0.543. The molecule has 0 aromatic carbocycles. The Morgan fingerprint density at radius 3 is 2.57 bits per heavy atom. The Kier molecular flexibility index (Phi) is 4.09. The molecular formula is C16H18N4O. The molecule has 0 aliphatic carbocycles. The van der Waals surface area contributed by atoms with E-state index in [1.807, 2.05) is 24.3 Å². The largest absolute Gasteiger partial charge is 0.357 e. The number of pyridine rings is 2. The maximum Gasteiger partial charge on any atom is 0.258 e. The number of carbonyl (C=O) groups is 1. The second-order valence-electron chi connectivity index (χ2n) is 5.12. The number of nitrogens with zero attached hydrogens (tertiary/aromatic N) is 3. The Hall–Kier alpha value is -2.43. The Morgan fingerprint density at radius 1 is 1.05 bits per heavy atom. The topological polar surface area (TPSA) is 58.1 Å². The van der Waals surface area contributed by atoms with Gasteiger partial charge in [-0.1, -0.05) is 6.07 Å². The number of nitrogens with one attached hydrogen (secondary N) is 1. The molecule has 1 aliphatic rings. The third-order valence-electron chi connectivity index (χ3n) is 3.60. The first-order valence-corrected chi connectivity index (χ1v) is 7.26. The van der Waals surface area contributed by atoms with E-state index in [-0.39, 0.29) is 5.91 Å². The monoisotopic (exact) mass is 282 g/mol. The van der Waals surface area contributed by atoms with Gasteiger partial charge < -0.3 is 10.2 Å². The lowest BCUT2D eigenvalue weighted by Crippen LogP contribution is -2.30. The molecule has 2 aromatic heterocycles. The molecule has 3 heterocycles. The van der Waals surface area contributed by atoms with Gasteiger partial charge in [-0.15, -0.1) is 0 Å². The van der Waals surface area contributed by atoms with Crippen LogP contribution in [-0.4, -0.2) is 29.0 Å². The van der Waals surface area contributed by atoms with E-state index in [0.29, 0.717) is 11.4 Å². The van der Waals surface area contributed by atoms with Gasteiger partial charge in [0.25, 0.3) is 5.91 Å². The molecule has 1 fully saturated rings. The molecule has 0 atom stereocenters. The van der Waals surface area contributed by atoms with Crippen molar-refractivity contribution in [1.29, 1.82) is 0 Å². The van der Waals surface area contributed by atoms with Crippen molar-refractivity contribution in [2.75, 3.05) is 23.3 Å². The van der Waals surface area contributed by atoms with Crippen molar-refractivity contribution in [3.05, 3.63) is 48.3 Å². The Morgan fingerprint density at radius 2 is 1.90 bits per heavy atom. The first-order valence-electron chi connectivity index (χ1n) is 7.26. The molecule has 1 aliphatic heterocycles. The highest BCUT2D eigenvalue weighted by atomic mass is 16.1. The van der Waals surface area contributed by atoms with E-state index in [9.17, 15) is 4.79 Å². The van der Waals surface area contributed by atoms with Crippen LogP contribution in [0.15, 0.2) is 42.7 Å². The zero-order chi connectivity index (χ0) is 14.5. The molecule has 21 heavy (non-hydrogen) atoms. The maximum atomic E-state index is 12.1. The van der Waals surface area contributed by atoms with E-state index in [2.05, 4.69) is 20.2 Å². The average Bonchev–Trinajstić information content (AvgIpc) is 2.57. The van der Waals surface area contributed by atoms with Crippen LogP contribution < -0.4 is 10.2 Å². The van der Waals surface area contributed by atoms with Crippen LogP contribution in [0.5, 0.6) is 0 Å². The van der Waals surface area contributed by atoms with E-state index in [1.54, 1.807) is 18.5 Å². The zero-order valence-electron chi connectivity index (χ0n) is 11.8. The number of piperidine rings is 1. The van der Waals surface area contributed by atoms with Gasteiger partial charge in [0.05, 0.1) is 5.56 Å². The van der Waals surface area contributed by atoms with Crippen molar-refractivity contribution in [2.45, 2.75) is 19.3 Å². The summed E-state index contributed by atoms with van der Waals surface area (Å²) in [6.07, 6.45) is 6.99. The summed E-state index contributed by atoms with van der Waals surface area (Å²) in [5.74, 6) is 1.30. The zero-order valence-corrected chi connectivity index (χ0v) is 11.8. The van der Waals surface area contributed by atoms with Gasteiger partial charge in [0.1, 0.15) is 11.6 Å². The van der Waals surface area contributed by atoms with Gasteiger partial charge in [-0.05, 0) is 43.5 Å². The minimum absolute atomic E-state index is 0.189. The first-order chi connectivity index (χ1) is 10.3. The summed E-state index contributed by atoms with van der Waals surface area (Å²) >= 11 is 0. The second kappa shape index (κ2) is 6.35. The molecule has 0 radical (unpaired) electrons. The van der Waals surface area contributed by atoms with Gasteiger partial charge in [-0.3, -0.25) is 4.79 Å². The van der Waals surface area contributed by atoms with E-state index >= 15 is 0 Å². The minimum atomic E-state index is -0.189. The van der Waals surface area contributed by atoms with Gasteiger partial charge in [-0.2, -0.15) is 0 Å².